The molecule has 1 saturated heterocycles. The van der Waals surface area contributed by atoms with Crippen LogP contribution in [-0.4, -0.2) is 41.2 Å². The Morgan fingerprint density at radius 3 is 2.48 bits per heavy atom. The highest BCUT2D eigenvalue weighted by molar-refractivity contribution is 9.10. The van der Waals surface area contributed by atoms with E-state index in [1.807, 2.05) is 68.4 Å². The fourth-order valence-corrected chi connectivity index (χ4v) is 11.5. The highest BCUT2D eigenvalue weighted by atomic mass is 79.9. The van der Waals surface area contributed by atoms with Gasteiger partial charge in [0.05, 0.1) is 29.2 Å². The number of para-hydroxylation sites is 1. The van der Waals surface area contributed by atoms with Crippen LogP contribution >= 0.6 is 39.0 Å². The molecular weight excluding hydrogens is 714 g/mol. The molecule has 9 nitrogen and oxygen atoms in total. The van der Waals surface area contributed by atoms with Crippen LogP contribution in [0.4, 0.5) is 11.4 Å². The van der Waals surface area contributed by atoms with Crippen molar-refractivity contribution in [3.63, 3.8) is 0 Å². The Bertz CT molecular complexity index is 2010. The zero-order valence-electron chi connectivity index (χ0n) is 26.1. The molecule has 4 aromatic rings. The van der Waals surface area contributed by atoms with Gasteiger partial charge in [-0.3, -0.25) is 24.1 Å². The largest absolute Gasteiger partial charge is 0.490 e. The molecule has 3 fully saturated rings. The van der Waals surface area contributed by atoms with Gasteiger partial charge in [0.2, 0.25) is 11.8 Å². The zero-order valence-corrected chi connectivity index (χ0v) is 29.3. The molecule has 2 aliphatic carbocycles. The summed E-state index contributed by atoms with van der Waals surface area (Å²) in [7, 11) is 0. The van der Waals surface area contributed by atoms with Gasteiger partial charge in [-0.1, -0.05) is 51.5 Å². The van der Waals surface area contributed by atoms with Crippen LogP contribution in [0.5, 0.6) is 11.5 Å². The summed E-state index contributed by atoms with van der Waals surface area (Å²) in [5, 5.41) is 3.80. The maximum Gasteiger partial charge on any atom is 0.305 e. The number of nitrogens with one attached hydrogen (secondary N) is 2. The maximum atomic E-state index is 14.0. The molecule has 2 N–H and O–H groups in total. The molecule has 3 heterocycles. The average Bonchev–Trinajstić information content (AvgIpc) is 3.81. The maximum absolute atomic E-state index is 14.0. The summed E-state index contributed by atoms with van der Waals surface area (Å²) in [5.74, 6) is -0.462. The van der Waals surface area contributed by atoms with Crippen molar-refractivity contribution in [1.82, 2.24) is 4.98 Å². The molecule has 4 aliphatic rings. The fraction of sp³-hybridized carbons (Fsp3) is 0.333. The van der Waals surface area contributed by atoms with Gasteiger partial charge < -0.3 is 19.8 Å². The molecule has 4 unspecified atom stereocenters. The molecule has 1 aromatic heterocycles. The minimum Gasteiger partial charge on any atom is -0.490 e. The summed E-state index contributed by atoms with van der Waals surface area (Å²) in [4.78, 5) is 58.7. The molecule has 3 aromatic carbocycles. The van der Waals surface area contributed by atoms with Crippen molar-refractivity contribution in [1.29, 1.82) is 0 Å². The second-order valence-electron chi connectivity index (χ2n) is 12.7. The summed E-state index contributed by atoms with van der Waals surface area (Å²) < 4.78 is 12.9. The smallest absolute Gasteiger partial charge is 0.305 e. The first-order valence-electron chi connectivity index (χ1n) is 16.0. The van der Waals surface area contributed by atoms with Crippen LogP contribution in [0.25, 0.3) is 0 Å². The van der Waals surface area contributed by atoms with Gasteiger partial charge in [-0.05, 0) is 91.6 Å². The Morgan fingerprint density at radius 2 is 1.73 bits per heavy atom. The molecule has 2 bridgehead atoms. The Morgan fingerprint density at radius 1 is 0.979 bits per heavy atom. The van der Waals surface area contributed by atoms with E-state index < -0.39 is 5.92 Å². The minimum atomic E-state index is -0.395. The van der Waals surface area contributed by atoms with E-state index in [0.29, 0.717) is 23.8 Å². The number of imide groups is 1. The first-order chi connectivity index (χ1) is 23.2. The van der Waals surface area contributed by atoms with Crippen LogP contribution in [0.2, 0.25) is 0 Å². The number of hydrogen-bond acceptors (Lipinski definition) is 8. The van der Waals surface area contributed by atoms with Crippen molar-refractivity contribution in [3.8, 4) is 11.5 Å². The molecule has 48 heavy (non-hydrogen) atoms. The molecule has 0 radical (unpaired) electrons. The lowest BCUT2D eigenvalue weighted by Crippen LogP contribution is -2.42. The summed E-state index contributed by atoms with van der Waals surface area (Å²) >= 11 is 6.31. The first kappa shape index (κ1) is 31.4. The number of thioether (sulfide) groups is 1. The van der Waals surface area contributed by atoms with Crippen LogP contribution < -0.4 is 24.6 Å². The molecule has 246 valence electrons. The number of nitrogens with zero attached hydrogens (tertiary/aromatic N) is 1. The number of fused-ring (bicyclic) bond motifs is 9. The Balaban J connectivity index is 1.10. The first-order valence-corrected chi connectivity index (χ1v) is 18.5. The summed E-state index contributed by atoms with van der Waals surface area (Å²) in [6.45, 7) is 4.01. The van der Waals surface area contributed by atoms with Crippen LogP contribution in [0.3, 0.4) is 0 Å². The van der Waals surface area contributed by atoms with Crippen molar-refractivity contribution < 1.29 is 23.9 Å². The number of aryl methyl sites for hydroxylation is 1. The number of ether oxygens (including phenoxy) is 2. The zero-order chi connectivity index (χ0) is 33.3. The summed E-state index contributed by atoms with van der Waals surface area (Å²) in [5.41, 5.74) is 3.24. The molecule has 12 heteroatoms. The van der Waals surface area contributed by atoms with Gasteiger partial charge in [-0.2, -0.15) is 0 Å². The third kappa shape index (κ3) is 5.11. The number of H-pyrrole nitrogens is 1. The number of benzene rings is 3. The number of carbonyl (C=O) groups is 3. The summed E-state index contributed by atoms with van der Waals surface area (Å²) in [6.07, 6.45) is 0.800. The Labute approximate surface area is 293 Å². The van der Waals surface area contributed by atoms with Gasteiger partial charge in [0, 0.05) is 26.2 Å². The second kappa shape index (κ2) is 12.2. The highest BCUT2D eigenvalue weighted by Gasteiger charge is 2.69. The van der Waals surface area contributed by atoms with E-state index in [0.717, 1.165) is 37.6 Å². The van der Waals surface area contributed by atoms with E-state index in [-0.39, 0.29) is 64.0 Å². The molecule has 2 saturated carbocycles. The molecule has 7 atom stereocenters. The Kier molecular flexibility index (Phi) is 8.00. The SMILES string of the molecule is CCOc1cc([C@H]2c3sc(=O)[nH]c3SC3C2[C@H]2C[C@@H]3C3C(=O)N(c4ccc(Br)cc4)C(=O)C32)ccc1OCC(=O)Nc1ccccc1C. The number of aromatic amines is 1. The van der Waals surface area contributed by atoms with Crippen molar-refractivity contribution in [2.24, 2.45) is 29.6 Å². The number of rotatable bonds is 8. The van der Waals surface area contributed by atoms with Crippen LogP contribution in [-0.2, 0) is 14.4 Å². The van der Waals surface area contributed by atoms with E-state index >= 15 is 0 Å². The topological polar surface area (TPSA) is 118 Å². The van der Waals surface area contributed by atoms with Gasteiger partial charge in [0.1, 0.15) is 0 Å². The van der Waals surface area contributed by atoms with Crippen molar-refractivity contribution in [2.75, 3.05) is 23.4 Å². The molecule has 2 aliphatic heterocycles. The number of hydrogen-bond donors (Lipinski definition) is 2. The third-order valence-corrected chi connectivity index (χ3v) is 13.3. The molecular formula is C36H32BrN3O6S2. The van der Waals surface area contributed by atoms with Crippen molar-refractivity contribution in [3.05, 3.63) is 96.9 Å². The lowest BCUT2D eigenvalue weighted by Gasteiger charge is -2.43. The highest BCUT2D eigenvalue weighted by Crippen LogP contribution is 2.68. The minimum absolute atomic E-state index is 0.0126. The van der Waals surface area contributed by atoms with Crippen LogP contribution in [0.15, 0.2) is 81.0 Å². The molecule has 8 rings (SSSR count). The Hall–Kier alpha value is -3.87. The van der Waals surface area contributed by atoms with Gasteiger partial charge >= 0.3 is 4.87 Å². The van der Waals surface area contributed by atoms with E-state index in [4.69, 9.17) is 9.47 Å². The lowest BCUT2D eigenvalue weighted by molar-refractivity contribution is -0.123. The number of carbonyl (C=O) groups excluding carboxylic acids is 3. The van der Waals surface area contributed by atoms with Gasteiger partial charge in [0.25, 0.3) is 5.91 Å². The molecule has 0 spiro atoms. The van der Waals surface area contributed by atoms with Gasteiger partial charge in [-0.25, -0.2) is 0 Å². The quantitative estimate of drug-likeness (QED) is 0.195. The number of anilines is 2. The van der Waals surface area contributed by atoms with Gasteiger partial charge in [0.15, 0.2) is 18.1 Å². The fourth-order valence-electron chi connectivity index (χ4n) is 8.38. The third-order valence-electron chi connectivity index (χ3n) is 10.2. The number of aromatic nitrogens is 1. The summed E-state index contributed by atoms with van der Waals surface area (Å²) in [6, 6.07) is 20.6. The van der Waals surface area contributed by atoms with Gasteiger partial charge in [-0.15, -0.1) is 11.8 Å². The standard InChI is InChI=1S/C36H32BrN3O6S2/c1-3-45-25-14-18(8-13-24(25)46-16-26(41)38-23-7-5-4-6-17(23)2)27-28-21-15-22(31(28)47-33-32(27)48-36(44)39-33)30-29(21)34(42)40(35(30)43)20-11-9-19(37)10-12-20/h4-14,21-22,27-31H,3,15-16H2,1-2H3,(H,38,41)(H,39,44)/t21-,22-,27-,28?,29?,30?,31?/m1/s1. The second-order valence-corrected chi connectivity index (χ2v) is 15.9. The van der Waals surface area contributed by atoms with E-state index in [1.165, 1.54) is 16.2 Å². The van der Waals surface area contributed by atoms with Crippen molar-refractivity contribution in [2.45, 2.75) is 36.5 Å². The number of halogens is 1. The lowest BCUT2D eigenvalue weighted by atomic mass is 9.68. The normalized spacial score (nSPS) is 26.6. The van der Waals surface area contributed by atoms with E-state index in [2.05, 4.69) is 26.2 Å². The van der Waals surface area contributed by atoms with Crippen LogP contribution in [0, 0.1) is 36.5 Å². The predicted molar refractivity (Wildman–Crippen MR) is 188 cm³/mol. The average molecular weight is 747 g/mol. The monoisotopic (exact) mass is 745 g/mol. The van der Waals surface area contributed by atoms with E-state index in [9.17, 15) is 19.2 Å². The molecule has 3 amide bonds. The number of thiazole rings is 1. The number of amides is 3. The van der Waals surface area contributed by atoms with Crippen molar-refractivity contribution >= 4 is 68.1 Å². The van der Waals surface area contributed by atoms with E-state index in [1.54, 1.807) is 23.9 Å². The van der Waals surface area contributed by atoms with Crippen LogP contribution in [0.1, 0.15) is 35.3 Å². The predicted octanol–water partition coefficient (Wildman–Crippen LogP) is 6.60.